The molecular formula is C16H28N2S. The minimum absolute atomic E-state index is 0.985. The lowest BCUT2D eigenvalue weighted by molar-refractivity contribution is 0.599. The molecular weight excluding hydrogens is 252 g/mol. The van der Waals surface area contributed by atoms with E-state index >= 15 is 0 Å². The van der Waals surface area contributed by atoms with E-state index in [-0.39, 0.29) is 0 Å². The molecule has 0 bridgehead atoms. The van der Waals surface area contributed by atoms with E-state index < -0.39 is 0 Å². The van der Waals surface area contributed by atoms with Crippen LogP contribution in [0, 0.1) is 0 Å². The molecule has 0 saturated heterocycles. The average molecular weight is 280 g/mol. The summed E-state index contributed by atoms with van der Waals surface area (Å²) in [5.41, 5.74) is 2.63. The molecule has 0 aromatic heterocycles. The van der Waals surface area contributed by atoms with Crippen molar-refractivity contribution in [2.75, 3.05) is 37.5 Å². The smallest absolute Gasteiger partial charge is 0.0361 e. The van der Waals surface area contributed by atoms with E-state index in [1.54, 1.807) is 0 Å². The molecule has 0 aliphatic heterocycles. The Morgan fingerprint density at radius 3 is 2.32 bits per heavy atom. The Morgan fingerprint density at radius 1 is 1.00 bits per heavy atom. The maximum Gasteiger partial charge on any atom is 0.0361 e. The number of nitrogens with zero attached hydrogens (tertiary/aromatic N) is 1. The van der Waals surface area contributed by atoms with Crippen LogP contribution in [0.1, 0.15) is 31.2 Å². The van der Waals surface area contributed by atoms with Crippen molar-refractivity contribution in [3.05, 3.63) is 29.8 Å². The summed E-state index contributed by atoms with van der Waals surface area (Å²) < 4.78 is 0. The van der Waals surface area contributed by atoms with Crippen molar-refractivity contribution in [1.82, 2.24) is 5.32 Å². The van der Waals surface area contributed by atoms with E-state index in [0.717, 1.165) is 13.1 Å². The third-order valence-corrected chi connectivity index (χ3v) is 3.93. The van der Waals surface area contributed by atoms with Gasteiger partial charge in [-0.1, -0.05) is 25.0 Å². The molecule has 0 unspecified atom stereocenters. The maximum atomic E-state index is 3.52. The van der Waals surface area contributed by atoms with E-state index in [9.17, 15) is 0 Å². The topological polar surface area (TPSA) is 15.3 Å². The lowest BCUT2D eigenvalue weighted by Gasteiger charge is -2.12. The first-order valence-corrected chi connectivity index (χ1v) is 8.59. The van der Waals surface area contributed by atoms with Gasteiger partial charge in [0, 0.05) is 26.3 Å². The molecule has 19 heavy (non-hydrogen) atoms. The van der Waals surface area contributed by atoms with Gasteiger partial charge < -0.3 is 10.2 Å². The largest absolute Gasteiger partial charge is 0.378 e. The van der Waals surface area contributed by atoms with Crippen LogP contribution < -0.4 is 10.2 Å². The molecule has 0 aliphatic rings. The zero-order valence-electron chi connectivity index (χ0n) is 12.6. The number of unbranched alkanes of at least 4 members (excludes halogenated alkanes) is 3. The number of nitrogens with one attached hydrogen (secondary N) is 1. The predicted molar refractivity (Wildman–Crippen MR) is 89.3 cm³/mol. The van der Waals surface area contributed by atoms with Crippen molar-refractivity contribution in [3.8, 4) is 0 Å². The SMILES string of the molecule is CSCCCCCCNCc1ccc(N(C)C)cc1. The first kappa shape index (κ1) is 16.4. The van der Waals surface area contributed by atoms with Gasteiger partial charge in [0.25, 0.3) is 0 Å². The van der Waals surface area contributed by atoms with Gasteiger partial charge in [0.05, 0.1) is 0 Å². The first-order chi connectivity index (χ1) is 9.24. The number of benzene rings is 1. The Labute approximate surface area is 123 Å². The molecule has 1 rings (SSSR count). The van der Waals surface area contributed by atoms with Crippen LogP contribution in [0.5, 0.6) is 0 Å². The quantitative estimate of drug-likeness (QED) is 0.657. The Morgan fingerprint density at radius 2 is 1.68 bits per heavy atom. The van der Waals surface area contributed by atoms with Crippen LogP contribution in [0.2, 0.25) is 0 Å². The van der Waals surface area contributed by atoms with Gasteiger partial charge in [-0.2, -0.15) is 11.8 Å². The molecule has 0 heterocycles. The highest BCUT2D eigenvalue weighted by Crippen LogP contribution is 2.12. The number of thioether (sulfide) groups is 1. The molecule has 1 N–H and O–H groups in total. The molecule has 0 atom stereocenters. The first-order valence-electron chi connectivity index (χ1n) is 7.20. The van der Waals surface area contributed by atoms with Gasteiger partial charge in [-0.3, -0.25) is 0 Å². The average Bonchev–Trinajstić information content (AvgIpc) is 2.42. The minimum Gasteiger partial charge on any atom is -0.378 e. The Balaban J connectivity index is 2.06. The number of hydrogen-bond acceptors (Lipinski definition) is 3. The van der Waals surface area contributed by atoms with Gasteiger partial charge in [-0.05, 0) is 49.1 Å². The van der Waals surface area contributed by atoms with E-state index in [1.165, 1.54) is 42.7 Å². The standard InChI is InChI=1S/C16H28N2S/c1-18(2)16-10-8-15(9-11-16)14-17-12-6-4-5-7-13-19-3/h8-11,17H,4-7,12-14H2,1-3H3. The molecule has 0 fully saturated rings. The van der Waals surface area contributed by atoms with Gasteiger partial charge in [0.2, 0.25) is 0 Å². The third kappa shape index (κ3) is 7.48. The van der Waals surface area contributed by atoms with E-state index in [4.69, 9.17) is 0 Å². The number of hydrogen-bond donors (Lipinski definition) is 1. The van der Waals surface area contributed by atoms with Crippen molar-refractivity contribution in [2.45, 2.75) is 32.2 Å². The fraction of sp³-hybridized carbons (Fsp3) is 0.625. The van der Waals surface area contributed by atoms with E-state index in [1.807, 2.05) is 11.8 Å². The summed E-state index contributed by atoms with van der Waals surface area (Å²) in [5.74, 6) is 1.31. The van der Waals surface area contributed by atoms with Gasteiger partial charge in [0.15, 0.2) is 0 Å². The lowest BCUT2D eigenvalue weighted by Crippen LogP contribution is -2.15. The Bertz CT molecular complexity index is 322. The molecule has 2 nitrogen and oxygen atoms in total. The second kappa shape index (κ2) is 10.2. The van der Waals surface area contributed by atoms with Crippen LogP contribution in [0.15, 0.2) is 24.3 Å². The molecule has 0 aliphatic carbocycles. The second-order valence-corrected chi connectivity index (χ2v) is 6.13. The van der Waals surface area contributed by atoms with Crippen molar-refractivity contribution in [3.63, 3.8) is 0 Å². The predicted octanol–water partition coefficient (Wildman–Crippen LogP) is 3.77. The zero-order chi connectivity index (χ0) is 13.9. The van der Waals surface area contributed by atoms with Gasteiger partial charge in [0.1, 0.15) is 0 Å². The van der Waals surface area contributed by atoms with Crippen LogP contribution in [0.25, 0.3) is 0 Å². The highest BCUT2D eigenvalue weighted by atomic mass is 32.2. The summed E-state index contributed by atoms with van der Waals surface area (Å²) in [6.45, 7) is 2.12. The summed E-state index contributed by atoms with van der Waals surface area (Å²) in [7, 11) is 4.15. The van der Waals surface area contributed by atoms with Crippen molar-refractivity contribution in [2.24, 2.45) is 0 Å². The highest BCUT2D eigenvalue weighted by molar-refractivity contribution is 7.98. The van der Waals surface area contributed by atoms with Crippen LogP contribution >= 0.6 is 11.8 Å². The Hall–Kier alpha value is -0.670. The molecule has 108 valence electrons. The molecule has 0 radical (unpaired) electrons. The van der Waals surface area contributed by atoms with Crippen LogP contribution in [0.3, 0.4) is 0 Å². The summed E-state index contributed by atoms with van der Waals surface area (Å²) >= 11 is 1.95. The summed E-state index contributed by atoms with van der Waals surface area (Å²) in [6.07, 6.45) is 7.58. The molecule has 0 spiro atoms. The fourth-order valence-corrected chi connectivity index (χ4v) is 2.49. The molecule has 3 heteroatoms. The van der Waals surface area contributed by atoms with E-state index in [2.05, 4.69) is 54.8 Å². The monoisotopic (exact) mass is 280 g/mol. The Kier molecular flexibility index (Phi) is 8.76. The van der Waals surface area contributed by atoms with Crippen LogP contribution in [0.4, 0.5) is 5.69 Å². The summed E-state index contributed by atoms with van der Waals surface area (Å²) in [4.78, 5) is 2.13. The van der Waals surface area contributed by atoms with Crippen molar-refractivity contribution >= 4 is 17.4 Å². The zero-order valence-corrected chi connectivity index (χ0v) is 13.4. The normalized spacial score (nSPS) is 10.7. The highest BCUT2D eigenvalue weighted by Gasteiger charge is 1.96. The minimum atomic E-state index is 0.985. The number of anilines is 1. The lowest BCUT2D eigenvalue weighted by atomic mass is 10.2. The fourth-order valence-electron chi connectivity index (χ4n) is 1.99. The molecule has 0 saturated carbocycles. The number of rotatable bonds is 10. The third-order valence-electron chi connectivity index (χ3n) is 3.23. The van der Waals surface area contributed by atoms with E-state index in [0.29, 0.717) is 0 Å². The van der Waals surface area contributed by atoms with Crippen molar-refractivity contribution in [1.29, 1.82) is 0 Å². The van der Waals surface area contributed by atoms with Gasteiger partial charge in [-0.25, -0.2) is 0 Å². The van der Waals surface area contributed by atoms with Gasteiger partial charge in [-0.15, -0.1) is 0 Å². The summed E-state index contributed by atoms with van der Waals surface area (Å²) in [6, 6.07) is 8.78. The molecule has 1 aromatic rings. The second-order valence-electron chi connectivity index (χ2n) is 5.14. The van der Waals surface area contributed by atoms with Crippen LogP contribution in [-0.4, -0.2) is 32.6 Å². The van der Waals surface area contributed by atoms with Crippen LogP contribution in [-0.2, 0) is 6.54 Å². The van der Waals surface area contributed by atoms with Crippen molar-refractivity contribution < 1.29 is 0 Å². The maximum absolute atomic E-state index is 3.52. The molecule has 1 aromatic carbocycles. The molecule has 0 amide bonds. The van der Waals surface area contributed by atoms with Gasteiger partial charge >= 0.3 is 0 Å². The summed E-state index contributed by atoms with van der Waals surface area (Å²) in [5, 5.41) is 3.52.